The second-order valence-corrected chi connectivity index (χ2v) is 14.1. The van der Waals surface area contributed by atoms with E-state index in [1.54, 1.807) is 22.4 Å². The molecule has 0 bridgehead atoms. The van der Waals surface area contributed by atoms with Gasteiger partial charge in [-0.05, 0) is 89.4 Å². The number of aromatic nitrogens is 1. The molecule has 6 rings (SSSR count). The molecule has 49 heavy (non-hydrogen) atoms. The van der Waals surface area contributed by atoms with Crippen LogP contribution < -0.4 is 10.5 Å². The van der Waals surface area contributed by atoms with Crippen molar-refractivity contribution in [2.45, 2.75) is 84.3 Å². The van der Waals surface area contributed by atoms with Gasteiger partial charge in [-0.3, -0.25) is 24.3 Å². The van der Waals surface area contributed by atoms with Crippen LogP contribution in [0.5, 0.6) is 5.75 Å². The molecule has 0 radical (unpaired) electrons. The number of allylic oxidation sites excluding steroid dienone is 1. The van der Waals surface area contributed by atoms with E-state index in [0.29, 0.717) is 43.8 Å². The Labute approximate surface area is 298 Å². The SMILES string of the molecule is C=C1CCC(=O)N1CC.Cc1cc(Cl)cc(-c2ccnc3cc(CN4C(=O)CCC4=O)sc23)c1OC1CCN(C)CC1.NCCCCC=O. The summed E-state index contributed by atoms with van der Waals surface area (Å²) in [5.41, 5.74) is 9.93. The predicted molar refractivity (Wildman–Crippen MR) is 195 cm³/mol. The molecule has 3 fully saturated rings. The number of benzene rings is 1. The lowest BCUT2D eigenvalue weighted by atomic mass is 10.0. The molecule has 0 saturated carbocycles. The largest absolute Gasteiger partial charge is 0.489 e. The van der Waals surface area contributed by atoms with Crippen molar-refractivity contribution in [3.05, 3.63) is 58.2 Å². The van der Waals surface area contributed by atoms with Crippen molar-refractivity contribution in [1.82, 2.24) is 19.7 Å². The third-order valence-corrected chi connectivity index (χ3v) is 10.2. The molecule has 0 unspecified atom stereocenters. The van der Waals surface area contributed by atoms with Crippen molar-refractivity contribution in [2.75, 3.05) is 33.2 Å². The van der Waals surface area contributed by atoms with Crippen molar-refractivity contribution in [1.29, 1.82) is 0 Å². The van der Waals surface area contributed by atoms with Gasteiger partial charge < -0.3 is 25.1 Å². The van der Waals surface area contributed by atoms with E-state index >= 15 is 0 Å². The zero-order valence-corrected chi connectivity index (χ0v) is 30.4. The maximum atomic E-state index is 12.1. The zero-order valence-electron chi connectivity index (χ0n) is 28.8. The Bertz CT molecular complexity index is 1620. The molecule has 0 atom stereocenters. The second kappa shape index (κ2) is 18.4. The zero-order chi connectivity index (χ0) is 35.5. The van der Waals surface area contributed by atoms with Gasteiger partial charge in [-0.25, -0.2) is 0 Å². The van der Waals surface area contributed by atoms with E-state index in [1.165, 1.54) is 4.90 Å². The van der Waals surface area contributed by atoms with Crippen LogP contribution in [-0.2, 0) is 25.7 Å². The molecule has 3 saturated heterocycles. The normalized spacial score (nSPS) is 16.9. The molecule has 0 spiro atoms. The first-order valence-corrected chi connectivity index (χ1v) is 18.2. The van der Waals surface area contributed by atoms with Crippen LogP contribution in [0.1, 0.15) is 75.2 Å². The highest BCUT2D eigenvalue weighted by Crippen LogP contribution is 2.42. The number of rotatable bonds is 10. The summed E-state index contributed by atoms with van der Waals surface area (Å²) in [4.78, 5) is 55.6. The predicted octanol–water partition coefficient (Wildman–Crippen LogP) is 6.50. The number of hydrogen-bond donors (Lipinski definition) is 1. The fourth-order valence-corrected chi connectivity index (χ4v) is 7.46. The number of likely N-dealkylation sites (tertiary alicyclic amines) is 3. The number of nitrogens with two attached hydrogens (primary N) is 1. The van der Waals surface area contributed by atoms with Crippen LogP contribution in [0.15, 0.2) is 42.7 Å². The van der Waals surface area contributed by atoms with Crippen molar-refractivity contribution < 1.29 is 23.9 Å². The van der Waals surface area contributed by atoms with Crippen molar-refractivity contribution in [3.63, 3.8) is 0 Å². The van der Waals surface area contributed by atoms with Crippen LogP contribution in [0.2, 0.25) is 5.02 Å². The molecule has 264 valence electrons. The number of nitrogens with zero attached hydrogens (tertiary/aromatic N) is 4. The Balaban J connectivity index is 0.000000279. The van der Waals surface area contributed by atoms with Crippen molar-refractivity contribution in [2.24, 2.45) is 5.73 Å². The summed E-state index contributed by atoms with van der Waals surface area (Å²) in [6, 6.07) is 7.86. The molecule has 10 nitrogen and oxygen atoms in total. The molecule has 2 N–H and O–H groups in total. The van der Waals surface area contributed by atoms with Crippen LogP contribution in [0, 0.1) is 6.92 Å². The first-order chi connectivity index (χ1) is 23.6. The lowest BCUT2D eigenvalue weighted by Gasteiger charge is -2.30. The van der Waals surface area contributed by atoms with Gasteiger partial charge in [0.2, 0.25) is 17.7 Å². The van der Waals surface area contributed by atoms with E-state index in [9.17, 15) is 19.2 Å². The number of piperidine rings is 1. The van der Waals surface area contributed by atoms with Gasteiger partial charge in [-0.1, -0.05) is 18.2 Å². The Morgan fingerprint density at radius 3 is 2.29 bits per heavy atom. The highest BCUT2D eigenvalue weighted by atomic mass is 35.5. The van der Waals surface area contributed by atoms with E-state index in [2.05, 4.69) is 23.5 Å². The van der Waals surface area contributed by atoms with E-state index in [-0.39, 0.29) is 23.8 Å². The standard InChI is InChI=1S/C25H26ClN3O3S.C7H11NO.C5H11NO/c1-15-11-16(26)12-20(24(15)32-17-6-9-28(2)10-7-17)19-5-8-27-21-13-18(33-25(19)21)14-29-22(30)3-4-23(29)31;1-3-8-6(2)4-5-7(8)9;6-4-2-1-3-5-7/h5,8,11-13,17H,3-4,6-7,9-10,14H2,1-2H3;2-5H2,1H3;5H,1-4,6H2. The van der Waals surface area contributed by atoms with Gasteiger partial charge in [0.1, 0.15) is 18.1 Å². The molecule has 1 aromatic carbocycles. The first-order valence-electron chi connectivity index (χ1n) is 17.0. The fraction of sp³-hybridized carbons (Fsp3) is 0.486. The number of pyridine rings is 1. The Morgan fingerprint density at radius 1 is 1.02 bits per heavy atom. The summed E-state index contributed by atoms with van der Waals surface area (Å²) in [7, 11) is 2.14. The fourth-order valence-electron chi connectivity index (χ4n) is 6.06. The minimum atomic E-state index is -0.107. The van der Waals surface area contributed by atoms with Crippen LogP contribution >= 0.6 is 22.9 Å². The van der Waals surface area contributed by atoms with E-state index in [4.69, 9.17) is 22.1 Å². The summed E-state index contributed by atoms with van der Waals surface area (Å²) in [6.07, 6.45) is 9.55. The Morgan fingerprint density at radius 2 is 1.69 bits per heavy atom. The third kappa shape index (κ3) is 10.2. The summed E-state index contributed by atoms with van der Waals surface area (Å²) >= 11 is 8.04. The minimum Gasteiger partial charge on any atom is -0.489 e. The molecule has 3 amide bonds. The Hall–Kier alpha value is -3.64. The summed E-state index contributed by atoms with van der Waals surface area (Å²) < 4.78 is 7.57. The van der Waals surface area contributed by atoms with Gasteiger partial charge in [0.15, 0.2) is 0 Å². The van der Waals surface area contributed by atoms with Gasteiger partial charge in [-0.2, -0.15) is 0 Å². The van der Waals surface area contributed by atoms with Crippen LogP contribution in [0.4, 0.5) is 0 Å². The third-order valence-electron chi connectivity index (χ3n) is 8.81. The maximum absolute atomic E-state index is 12.1. The molecule has 3 aliphatic rings. The molecule has 3 aromatic rings. The molecule has 0 aliphatic carbocycles. The minimum absolute atomic E-state index is 0.107. The highest BCUT2D eigenvalue weighted by molar-refractivity contribution is 7.19. The van der Waals surface area contributed by atoms with Crippen LogP contribution in [0.3, 0.4) is 0 Å². The smallest absolute Gasteiger partial charge is 0.230 e. The highest BCUT2D eigenvalue weighted by Gasteiger charge is 2.30. The van der Waals surface area contributed by atoms with Gasteiger partial charge in [0.25, 0.3) is 0 Å². The van der Waals surface area contributed by atoms with Crippen molar-refractivity contribution in [3.8, 4) is 16.9 Å². The lowest BCUT2D eigenvalue weighted by molar-refractivity contribution is -0.139. The number of aryl methyl sites for hydroxylation is 1. The Kier molecular flexibility index (Phi) is 14.3. The first kappa shape index (κ1) is 38.2. The number of thiophene rings is 1. The number of imide groups is 1. The number of hydrogen-bond acceptors (Lipinski definition) is 9. The van der Waals surface area contributed by atoms with Gasteiger partial charge >= 0.3 is 0 Å². The average molecular weight is 710 g/mol. The second-order valence-electron chi connectivity index (χ2n) is 12.5. The van der Waals surface area contributed by atoms with Gasteiger partial charge in [0.05, 0.1) is 16.8 Å². The van der Waals surface area contributed by atoms with E-state index < -0.39 is 0 Å². The number of amides is 3. The number of fused-ring (bicyclic) bond motifs is 1. The molecule has 12 heteroatoms. The monoisotopic (exact) mass is 709 g/mol. The topological polar surface area (TPSA) is 126 Å². The molecule has 5 heterocycles. The number of carbonyl (C=O) groups excluding carboxylic acids is 4. The van der Waals surface area contributed by atoms with E-state index in [1.807, 2.05) is 38.1 Å². The molecule has 3 aliphatic heterocycles. The van der Waals surface area contributed by atoms with E-state index in [0.717, 1.165) is 101 Å². The van der Waals surface area contributed by atoms with Gasteiger partial charge in [0, 0.05) is 78.2 Å². The molecular formula is C37H48ClN5O5S. The number of halogens is 1. The molecular weight excluding hydrogens is 662 g/mol. The number of carbonyl (C=O) groups is 4. The number of ether oxygens (including phenoxy) is 1. The van der Waals surface area contributed by atoms with Crippen LogP contribution in [-0.4, -0.2) is 83.0 Å². The van der Waals surface area contributed by atoms with Gasteiger partial charge in [-0.15, -0.1) is 11.3 Å². The molecule has 2 aromatic heterocycles. The van der Waals surface area contributed by atoms with Crippen molar-refractivity contribution >= 4 is 57.2 Å². The lowest BCUT2D eigenvalue weighted by Crippen LogP contribution is -2.35. The maximum Gasteiger partial charge on any atom is 0.230 e. The number of aldehydes is 1. The number of unbranched alkanes of at least 4 members (excludes halogenated alkanes) is 2. The summed E-state index contributed by atoms with van der Waals surface area (Å²) in [6.45, 7) is 11.6. The average Bonchev–Trinajstić information content (AvgIpc) is 3.75. The quantitative estimate of drug-likeness (QED) is 0.144. The summed E-state index contributed by atoms with van der Waals surface area (Å²) in [5.74, 6) is 0.874. The summed E-state index contributed by atoms with van der Waals surface area (Å²) in [5, 5.41) is 0.660. The van der Waals surface area contributed by atoms with Crippen LogP contribution in [0.25, 0.3) is 21.3 Å².